The van der Waals surface area contributed by atoms with Crippen molar-refractivity contribution in [3.05, 3.63) is 16.1 Å². The molecule has 2 rings (SSSR count). The summed E-state index contributed by atoms with van der Waals surface area (Å²) in [5.41, 5.74) is 5.82. The number of Topliss-reactive ketones (excluding diaryl/α,β-unsaturated/α-hetero) is 1. The van der Waals surface area contributed by atoms with Gasteiger partial charge in [0.05, 0.1) is 11.6 Å². The fourth-order valence-corrected chi connectivity index (χ4v) is 2.41. The molecule has 0 saturated carbocycles. The number of hydrogen-bond acceptors (Lipinski definition) is 5. The van der Waals surface area contributed by atoms with Crippen molar-refractivity contribution in [3.8, 4) is 17.2 Å². The lowest BCUT2D eigenvalue weighted by Gasteiger charge is -2.23. The Bertz CT molecular complexity index is 476. The molecule has 1 aromatic rings. The fraction of sp³-hybridized carbons (Fsp3) is 0.417. The third-order valence-corrected chi connectivity index (χ3v) is 3.18. The first-order valence-corrected chi connectivity index (χ1v) is 6.37. The van der Waals surface area contributed by atoms with E-state index in [1.165, 1.54) is 7.11 Å². The topological polar surface area (TPSA) is 70.8 Å². The van der Waals surface area contributed by atoms with E-state index < -0.39 is 0 Å². The van der Waals surface area contributed by atoms with Crippen LogP contribution < -0.4 is 19.9 Å². The molecule has 0 atom stereocenters. The summed E-state index contributed by atoms with van der Waals surface area (Å²) in [5.74, 6) is 1.34. The summed E-state index contributed by atoms with van der Waals surface area (Å²) in [6.45, 7) is 1.17. The van der Waals surface area contributed by atoms with E-state index in [9.17, 15) is 4.79 Å². The predicted molar refractivity (Wildman–Crippen MR) is 69.7 cm³/mol. The number of halogens is 1. The predicted octanol–water partition coefficient (Wildman–Crippen LogP) is 1.76. The van der Waals surface area contributed by atoms with E-state index in [2.05, 4.69) is 15.9 Å². The molecule has 6 heteroatoms. The van der Waals surface area contributed by atoms with Crippen LogP contribution in [0, 0.1) is 0 Å². The molecule has 0 aromatic heterocycles. The van der Waals surface area contributed by atoms with Gasteiger partial charge in [-0.3, -0.25) is 4.79 Å². The van der Waals surface area contributed by atoms with E-state index in [0.717, 1.165) is 0 Å². The molecule has 98 valence electrons. The van der Waals surface area contributed by atoms with E-state index in [0.29, 0.717) is 40.5 Å². The Morgan fingerprint density at radius 2 is 2.22 bits per heavy atom. The van der Waals surface area contributed by atoms with E-state index in [4.69, 9.17) is 19.9 Å². The van der Waals surface area contributed by atoms with Crippen molar-refractivity contribution in [2.45, 2.75) is 6.42 Å². The van der Waals surface area contributed by atoms with Gasteiger partial charge in [-0.05, 0) is 22.5 Å². The molecular formula is C12H14BrNO4. The van der Waals surface area contributed by atoms with Gasteiger partial charge >= 0.3 is 0 Å². The van der Waals surface area contributed by atoms with Crippen LogP contribution in [0.2, 0.25) is 0 Å². The van der Waals surface area contributed by atoms with Crippen LogP contribution in [0.3, 0.4) is 0 Å². The van der Waals surface area contributed by atoms with Gasteiger partial charge in [-0.2, -0.15) is 0 Å². The van der Waals surface area contributed by atoms with Crippen LogP contribution in [0.15, 0.2) is 10.5 Å². The molecule has 1 aromatic carbocycles. The van der Waals surface area contributed by atoms with Gasteiger partial charge in [-0.1, -0.05) is 0 Å². The zero-order valence-electron chi connectivity index (χ0n) is 9.99. The second-order valence-electron chi connectivity index (χ2n) is 3.75. The minimum atomic E-state index is -0.114. The molecule has 0 fully saturated rings. The Balaban J connectivity index is 2.58. The van der Waals surface area contributed by atoms with Crippen LogP contribution in [0.25, 0.3) is 0 Å². The first kappa shape index (κ1) is 13.2. The van der Waals surface area contributed by atoms with Gasteiger partial charge in [0.2, 0.25) is 0 Å². The second-order valence-corrected chi connectivity index (χ2v) is 4.61. The van der Waals surface area contributed by atoms with Gasteiger partial charge in [-0.25, -0.2) is 0 Å². The average molecular weight is 316 g/mol. The maximum Gasteiger partial charge on any atom is 0.175 e. The van der Waals surface area contributed by atoms with Crippen molar-refractivity contribution in [1.29, 1.82) is 0 Å². The Labute approximate surface area is 113 Å². The molecule has 0 radical (unpaired) electrons. The zero-order valence-corrected chi connectivity index (χ0v) is 11.6. The number of carbonyl (C=O) groups excluding carboxylic acids is 1. The first-order valence-electron chi connectivity index (χ1n) is 5.58. The number of ether oxygens (including phenoxy) is 3. The molecule has 5 nitrogen and oxygen atoms in total. The quantitative estimate of drug-likeness (QED) is 0.857. The van der Waals surface area contributed by atoms with Crippen LogP contribution in [-0.2, 0) is 0 Å². The van der Waals surface area contributed by atoms with Gasteiger partial charge in [0.25, 0.3) is 0 Å². The molecule has 1 aliphatic rings. The molecule has 1 aliphatic heterocycles. The van der Waals surface area contributed by atoms with E-state index in [1.54, 1.807) is 6.07 Å². The SMILES string of the molecule is COc1c(Br)cc2c(c1C(=O)CCN)OCCO2. The lowest BCUT2D eigenvalue weighted by atomic mass is 10.0. The summed E-state index contributed by atoms with van der Waals surface area (Å²) >= 11 is 3.36. The molecule has 2 N–H and O–H groups in total. The molecular weight excluding hydrogens is 302 g/mol. The van der Waals surface area contributed by atoms with E-state index in [-0.39, 0.29) is 18.7 Å². The van der Waals surface area contributed by atoms with Crippen molar-refractivity contribution in [1.82, 2.24) is 0 Å². The van der Waals surface area contributed by atoms with Crippen LogP contribution in [0.4, 0.5) is 0 Å². The molecule has 0 aliphatic carbocycles. The molecule has 1 heterocycles. The highest BCUT2D eigenvalue weighted by Crippen LogP contribution is 2.44. The van der Waals surface area contributed by atoms with Gasteiger partial charge in [0.15, 0.2) is 17.3 Å². The standard InChI is InChI=1S/C12H14BrNO4/c1-16-11-7(13)6-9-12(18-5-4-17-9)10(11)8(15)2-3-14/h6H,2-5,14H2,1H3. The van der Waals surface area contributed by atoms with Gasteiger partial charge in [-0.15, -0.1) is 0 Å². The minimum Gasteiger partial charge on any atom is -0.495 e. The molecule has 0 unspecified atom stereocenters. The summed E-state index contributed by atoms with van der Waals surface area (Å²) < 4.78 is 16.9. The highest BCUT2D eigenvalue weighted by atomic mass is 79.9. The Kier molecular flexibility index (Phi) is 4.08. The molecule has 0 saturated heterocycles. The van der Waals surface area contributed by atoms with E-state index in [1.807, 2.05) is 0 Å². The van der Waals surface area contributed by atoms with Crippen LogP contribution in [-0.4, -0.2) is 32.7 Å². The molecule has 0 amide bonds. The van der Waals surface area contributed by atoms with Gasteiger partial charge in [0, 0.05) is 12.5 Å². The van der Waals surface area contributed by atoms with Crippen LogP contribution in [0.1, 0.15) is 16.8 Å². The number of nitrogens with two attached hydrogens (primary N) is 1. The molecule has 0 spiro atoms. The van der Waals surface area contributed by atoms with Crippen molar-refractivity contribution in [2.75, 3.05) is 26.9 Å². The maximum atomic E-state index is 12.1. The third kappa shape index (κ3) is 2.30. The maximum absolute atomic E-state index is 12.1. The van der Waals surface area contributed by atoms with Gasteiger partial charge < -0.3 is 19.9 Å². The summed E-state index contributed by atoms with van der Waals surface area (Å²) in [4.78, 5) is 12.1. The van der Waals surface area contributed by atoms with Crippen LogP contribution in [0.5, 0.6) is 17.2 Å². The Hall–Kier alpha value is -1.27. The molecule has 18 heavy (non-hydrogen) atoms. The molecule has 0 bridgehead atoms. The number of rotatable bonds is 4. The largest absolute Gasteiger partial charge is 0.495 e. The number of carbonyl (C=O) groups is 1. The highest BCUT2D eigenvalue weighted by molar-refractivity contribution is 9.10. The fourth-order valence-electron chi connectivity index (χ4n) is 1.85. The van der Waals surface area contributed by atoms with Crippen molar-refractivity contribution < 1.29 is 19.0 Å². The number of ketones is 1. The summed E-state index contributed by atoms with van der Waals surface area (Å²) in [6, 6.07) is 1.74. The Morgan fingerprint density at radius 1 is 1.50 bits per heavy atom. The number of hydrogen-bond donors (Lipinski definition) is 1. The van der Waals surface area contributed by atoms with Gasteiger partial charge in [0.1, 0.15) is 24.5 Å². The Morgan fingerprint density at radius 3 is 2.89 bits per heavy atom. The van der Waals surface area contributed by atoms with Crippen molar-refractivity contribution in [2.24, 2.45) is 5.73 Å². The number of methoxy groups -OCH3 is 1. The summed E-state index contributed by atoms with van der Waals surface area (Å²) in [5, 5.41) is 0. The van der Waals surface area contributed by atoms with E-state index >= 15 is 0 Å². The summed E-state index contributed by atoms with van der Waals surface area (Å²) in [7, 11) is 1.51. The monoisotopic (exact) mass is 315 g/mol. The third-order valence-electron chi connectivity index (χ3n) is 2.59. The van der Waals surface area contributed by atoms with Crippen molar-refractivity contribution in [3.63, 3.8) is 0 Å². The normalized spacial score (nSPS) is 13.3. The van der Waals surface area contributed by atoms with Crippen molar-refractivity contribution >= 4 is 21.7 Å². The van der Waals surface area contributed by atoms with Crippen LogP contribution >= 0.6 is 15.9 Å². The smallest absolute Gasteiger partial charge is 0.175 e. The second kappa shape index (κ2) is 5.58. The average Bonchev–Trinajstić information content (AvgIpc) is 2.37. The first-order chi connectivity index (χ1) is 8.69. The number of benzene rings is 1. The minimum absolute atomic E-state index is 0.114. The lowest BCUT2D eigenvalue weighted by molar-refractivity contribution is 0.0970. The summed E-state index contributed by atoms with van der Waals surface area (Å²) in [6.07, 6.45) is 0.239. The zero-order chi connectivity index (χ0) is 13.1. The number of fused-ring (bicyclic) bond motifs is 1. The highest BCUT2D eigenvalue weighted by Gasteiger charge is 2.27. The lowest BCUT2D eigenvalue weighted by Crippen LogP contribution is -2.19.